The Balaban J connectivity index is 0.00000289. The lowest BCUT2D eigenvalue weighted by atomic mass is 10.1. The fraction of sp³-hybridized carbons (Fsp3) is 0.333. The van der Waals surface area contributed by atoms with E-state index >= 15 is 0 Å². The summed E-state index contributed by atoms with van der Waals surface area (Å²) in [6.07, 6.45) is 2.74. The Morgan fingerprint density at radius 3 is 2.72 bits per heavy atom. The highest BCUT2D eigenvalue weighted by atomic mass is 35.5. The second kappa shape index (κ2) is 11.0. The monoisotopic (exact) mass is 456 g/mol. The van der Waals surface area contributed by atoms with Crippen molar-refractivity contribution >= 4 is 40.6 Å². The number of aliphatic hydroxyl groups excluding tert-OH is 1. The Morgan fingerprint density at radius 2 is 1.94 bits per heavy atom. The number of unbranched alkanes of at least 4 members (excludes halogenated alkanes) is 1. The molecule has 4 rings (SSSR count). The van der Waals surface area contributed by atoms with Crippen LogP contribution in [0.25, 0.3) is 16.6 Å². The van der Waals surface area contributed by atoms with Gasteiger partial charge in [0.25, 0.3) is 5.91 Å². The lowest BCUT2D eigenvalue weighted by Crippen LogP contribution is -2.22. The minimum absolute atomic E-state index is 0. The molecule has 1 aliphatic rings. The number of carbonyl (C=O) groups excluding carboxylic acids is 1. The van der Waals surface area contributed by atoms with Gasteiger partial charge in [0.2, 0.25) is 0 Å². The number of nitrogens with one attached hydrogen (secondary N) is 2. The maximum atomic E-state index is 13.0. The summed E-state index contributed by atoms with van der Waals surface area (Å²) in [5, 5.41) is 16.6. The van der Waals surface area contributed by atoms with Crippen LogP contribution in [0, 0.1) is 0 Å². The number of imidazole rings is 1. The van der Waals surface area contributed by atoms with E-state index in [1.807, 2.05) is 41.0 Å². The minimum atomic E-state index is -0.373. The van der Waals surface area contributed by atoms with Crippen molar-refractivity contribution in [2.75, 3.05) is 25.0 Å². The second-order valence-corrected chi connectivity index (χ2v) is 7.58. The number of allylic oxidation sites excluding steroid dienone is 1. The van der Waals surface area contributed by atoms with Crippen LogP contribution < -0.4 is 15.4 Å². The summed E-state index contributed by atoms with van der Waals surface area (Å²) >= 11 is 0. The molecule has 170 valence electrons. The first kappa shape index (κ1) is 23.6. The first-order valence-corrected chi connectivity index (χ1v) is 10.8. The predicted octanol–water partition coefficient (Wildman–Crippen LogP) is 4.54. The number of nitrogens with zero attached hydrogens (tertiary/aromatic N) is 2. The highest BCUT2D eigenvalue weighted by molar-refractivity contribution is 6.25. The number of aliphatic hydroxyl groups is 1. The molecule has 32 heavy (non-hydrogen) atoms. The van der Waals surface area contributed by atoms with E-state index in [2.05, 4.69) is 22.5 Å². The molecule has 1 aliphatic heterocycles. The number of benzene rings is 2. The van der Waals surface area contributed by atoms with Crippen LogP contribution in [0.15, 0.2) is 54.3 Å². The van der Waals surface area contributed by atoms with Gasteiger partial charge in [-0.05, 0) is 49.4 Å². The predicted molar refractivity (Wildman–Crippen MR) is 129 cm³/mol. The number of ether oxygens (including phenoxy) is 1. The highest BCUT2D eigenvalue weighted by Crippen LogP contribution is 2.30. The van der Waals surface area contributed by atoms with E-state index in [-0.39, 0.29) is 29.6 Å². The number of aromatic nitrogens is 2. The van der Waals surface area contributed by atoms with Crippen molar-refractivity contribution in [2.45, 2.75) is 32.7 Å². The molecule has 3 aromatic rings. The Kier molecular flexibility index (Phi) is 8.14. The normalized spacial score (nSPS) is 12.9. The Morgan fingerprint density at radius 1 is 1.16 bits per heavy atom. The molecule has 2 heterocycles. The molecule has 8 heteroatoms. The van der Waals surface area contributed by atoms with Crippen LogP contribution in [0.3, 0.4) is 0 Å². The van der Waals surface area contributed by atoms with Gasteiger partial charge < -0.3 is 25.0 Å². The third-order valence-electron chi connectivity index (χ3n) is 5.33. The molecule has 0 spiro atoms. The molecule has 7 nitrogen and oxygen atoms in total. The van der Waals surface area contributed by atoms with Crippen molar-refractivity contribution in [3.05, 3.63) is 60.1 Å². The molecule has 0 saturated heterocycles. The van der Waals surface area contributed by atoms with E-state index in [0.717, 1.165) is 36.3 Å². The number of hydrogen-bond donors (Lipinski definition) is 3. The minimum Gasteiger partial charge on any atom is -0.511 e. The van der Waals surface area contributed by atoms with Crippen molar-refractivity contribution in [3.8, 4) is 5.75 Å². The number of amides is 1. The van der Waals surface area contributed by atoms with E-state index in [9.17, 15) is 9.90 Å². The van der Waals surface area contributed by atoms with Crippen LogP contribution in [0.1, 0.15) is 32.0 Å². The molecule has 0 saturated carbocycles. The molecule has 1 aromatic heterocycles. The number of rotatable bonds is 9. The molecule has 0 bridgehead atoms. The van der Waals surface area contributed by atoms with Gasteiger partial charge in [0.05, 0.1) is 11.0 Å². The number of carbonyl (C=O) groups is 1. The fourth-order valence-corrected chi connectivity index (χ4v) is 3.69. The third-order valence-corrected chi connectivity index (χ3v) is 5.33. The van der Waals surface area contributed by atoms with Crippen LogP contribution in [-0.4, -0.2) is 40.3 Å². The van der Waals surface area contributed by atoms with E-state index in [0.29, 0.717) is 31.1 Å². The van der Waals surface area contributed by atoms with Gasteiger partial charge in [-0.25, -0.2) is 4.98 Å². The Hall–Kier alpha value is -3.03. The highest BCUT2D eigenvalue weighted by Gasteiger charge is 2.28. The van der Waals surface area contributed by atoms with Gasteiger partial charge in [-0.3, -0.25) is 4.79 Å². The topological polar surface area (TPSA) is 88.4 Å². The molecule has 0 unspecified atom stereocenters. The van der Waals surface area contributed by atoms with Gasteiger partial charge in [-0.1, -0.05) is 25.5 Å². The van der Waals surface area contributed by atoms with Crippen molar-refractivity contribution in [2.24, 2.45) is 0 Å². The zero-order chi connectivity index (χ0) is 21.6. The Bertz CT molecular complexity index is 1090. The zero-order valence-corrected chi connectivity index (χ0v) is 19.0. The molecule has 1 amide bonds. The van der Waals surface area contributed by atoms with Gasteiger partial charge in [-0.15, -0.1) is 12.4 Å². The summed E-state index contributed by atoms with van der Waals surface area (Å²) in [5.74, 6) is 0.938. The van der Waals surface area contributed by atoms with Crippen molar-refractivity contribution in [3.63, 3.8) is 0 Å². The smallest absolute Gasteiger partial charge is 0.262 e. The molecule has 0 aliphatic carbocycles. The van der Waals surface area contributed by atoms with Crippen LogP contribution in [0.5, 0.6) is 5.75 Å². The standard InChI is InChI=1S/C24H28N4O3.ClH/c1-2-3-13-25-14-16-31-18-10-8-17(9-11-18)26-24(30)22-21(29)12-15-28-20-7-5-4-6-19(20)27-23(22)28;/h4-11,25,29H,2-3,12-16H2,1H3,(H,26,30);1H. The lowest BCUT2D eigenvalue weighted by molar-refractivity contribution is -0.111. The SMILES string of the molecule is CCCCNCCOc1ccc(NC(=O)C2=C(O)CCn3c2nc2ccccc23)cc1.Cl. The number of para-hydroxylation sites is 2. The van der Waals surface area contributed by atoms with E-state index in [1.165, 1.54) is 6.42 Å². The summed E-state index contributed by atoms with van der Waals surface area (Å²) in [6.45, 7) is 5.15. The fourth-order valence-electron chi connectivity index (χ4n) is 3.69. The third kappa shape index (κ3) is 5.23. The lowest BCUT2D eigenvalue weighted by Gasteiger charge is -2.18. The largest absolute Gasteiger partial charge is 0.511 e. The van der Waals surface area contributed by atoms with Crippen molar-refractivity contribution in [1.82, 2.24) is 14.9 Å². The average Bonchev–Trinajstić information content (AvgIpc) is 3.15. The molecule has 0 radical (unpaired) electrons. The van der Waals surface area contributed by atoms with E-state index in [4.69, 9.17) is 4.74 Å². The van der Waals surface area contributed by atoms with Crippen LogP contribution >= 0.6 is 12.4 Å². The van der Waals surface area contributed by atoms with Gasteiger partial charge in [0, 0.05) is 25.2 Å². The summed E-state index contributed by atoms with van der Waals surface area (Å²) in [4.78, 5) is 17.6. The molecule has 3 N–H and O–H groups in total. The van der Waals surface area contributed by atoms with Crippen LogP contribution in [-0.2, 0) is 11.3 Å². The number of aryl methyl sites for hydroxylation is 1. The molecule has 0 fully saturated rings. The van der Waals surface area contributed by atoms with Crippen molar-refractivity contribution in [1.29, 1.82) is 0 Å². The molecule has 0 atom stereocenters. The van der Waals surface area contributed by atoms with Crippen LogP contribution in [0.4, 0.5) is 5.69 Å². The first-order chi connectivity index (χ1) is 15.2. The van der Waals surface area contributed by atoms with Crippen LogP contribution in [0.2, 0.25) is 0 Å². The molecule has 2 aromatic carbocycles. The summed E-state index contributed by atoms with van der Waals surface area (Å²) in [6, 6.07) is 15.0. The van der Waals surface area contributed by atoms with Gasteiger partial charge in [0.1, 0.15) is 29.5 Å². The molecular weight excluding hydrogens is 428 g/mol. The van der Waals surface area contributed by atoms with E-state index < -0.39 is 0 Å². The summed E-state index contributed by atoms with van der Waals surface area (Å²) < 4.78 is 7.70. The van der Waals surface area contributed by atoms with E-state index in [1.54, 1.807) is 12.1 Å². The number of fused-ring (bicyclic) bond motifs is 3. The average molecular weight is 457 g/mol. The van der Waals surface area contributed by atoms with Gasteiger partial charge in [0.15, 0.2) is 0 Å². The first-order valence-electron chi connectivity index (χ1n) is 10.8. The zero-order valence-electron chi connectivity index (χ0n) is 18.1. The number of anilines is 1. The summed E-state index contributed by atoms with van der Waals surface area (Å²) in [7, 11) is 0. The number of halogens is 1. The maximum absolute atomic E-state index is 13.0. The summed E-state index contributed by atoms with van der Waals surface area (Å²) in [5.41, 5.74) is 2.62. The number of hydrogen-bond acceptors (Lipinski definition) is 5. The quantitative estimate of drug-likeness (QED) is 0.411. The maximum Gasteiger partial charge on any atom is 0.262 e. The Labute approximate surface area is 193 Å². The molecular formula is C24H29ClN4O3. The van der Waals surface area contributed by atoms with Gasteiger partial charge >= 0.3 is 0 Å². The van der Waals surface area contributed by atoms with Crippen molar-refractivity contribution < 1.29 is 14.6 Å². The second-order valence-electron chi connectivity index (χ2n) is 7.58. The van der Waals surface area contributed by atoms with Gasteiger partial charge in [-0.2, -0.15) is 0 Å².